The number of likely N-dealkylation sites (N-methyl/N-ethyl adjacent to an activating group) is 1. The number of methoxy groups -OCH3 is 1. The molecule has 0 bridgehead atoms. The molecule has 0 amide bonds. The zero-order valence-corrected chi connectivity index (χ0v) is 14.2. The summed E-state index contributed by atoms with van der Waals surface area (Å²) in [5.41, 5.74) is -0.664. The molecule has 0 aromatic rings. The number of nitrogens with one attached hydrogen (secondary N) is 1. The van der Waals surface area contributed by atoms with Crippen molar-refractivity contribution in [1.82, 2.24) is 10.2 Å². The third kappa shape index (κ3) is 6.68. The summed E-state index contributed by atoms with van der Waals surface area (Å²) < 4.78 is 10.3. The molecule has 120 valence electrons. The molecule has 0 rings (SSSR count). The molecule has 2 unspecified atom stereocenters. The van der Waals surface area contributed by atoms with Crippen LogP contribution in [-0.2, 0) is 14.3 Å². The van der Waals surface area contributed by atoms with E-state index in [9.17, 15) is 4.79 Å². The first-order valence-electron chi connectivity index (χ1n) is 7.41. The van der Waals surface area contributed by atoms with Crippen LogP contribution in [0.4, 0.5) is 0 Å². The highest BCUT2D eigenvalue weighted by Crippen LogP contribution is 2.18. The van der Waals surface area contributed by atoms with Gasteiger partial charge in [-0.15, -0.1) is 0 Å². The third-order valence-electron chi connectivity index (χ3n) is 3.49. The smallest absolute Gasteiger partial charge is 0.325 e. The largest absolute Gasteiger partial charge is 0.468 e. The summed E-state index contributed by atoms with van der Waals surface area (Å²) in [5, 5.41) is 3.33. The van der Waals surface area contributed by atoms with Crippen molar-refractivity contribution in [2.75, 3.05) is 33.9 Å². The first-order valence-corrected chi connectivity index (χ1v) is 7.41. The van der Waals surface area contributed by atoms with E-state index in [0.717, 1.165) is 13.2 Å². The summed E-state index contributed by atoms with van der Waals surface area (Å²) in [6, 6.07) is 0.478. The molecule has 5 heteroatoms. The molecule has 0 aromatic heterocycles. The minimum Gasteiger partial charge on any atom is -0.468 e. The zero-order valence-electron chi connectivity index (χ0n) is 14.2. The first-order chi connectivity index (χ1) is 9.26. The summed E-state index contributed by atoms with van der Waals surface area (Å²) in [6.45, 7) is 12.4. The minimum absolute atomic E-state index is 0.212. The second kappa shape index (κ2) is 9.32. The molecule has 0 heterocycles. The normalized spacial score (nSPS) is 16.2. The number of hydrogen-bond donors (Lipinski definition) is 1. The Morgan fingerprint density at radius 2 is 1.95 bits per heavy atom. The Morgan fingerprint density at radius 1 is 1.35 bits per heavy atom. The van der Waals surface area contributed by atoms with Gasteiger partial charge >= 0.3 is 5.97 Å². The van der Waals surface area contributed by atoms with Gasteiger partial charge in [0.15, 0.2) is 0 Å². The number of hydrogen-bond acceptors (Lipinski definition) is 5. The lowest BCUT2D eigenvalue weighted by Gasteiger charge is -2.35. The Hall–Kier alpha value is -0.650. The van der Waals surface area contributed by atoms with Gasteiger partial charge in [-0.1, -0.05) is 0 Å². The molecule has 0 aliphatic carbocycles. The van der Waals surface area contributed by atoms with Gasteiger partial charge in [0, 0.05) is 25.2 Å². The van der Waals surface area contributed by atoms with E-state index in [2.05, 4.69) is 24.2 Å². The van der Waals surface area contributed by atoms with Crippen LogP contribution in [0.25, 0.3) is 0 Å². The van der Waals surface area contributed by atoms with E-state index >= 15 is 0 Å². The number of rotatable bonds is 10. The second-order valence-electron chi connectivity index (χ2n) is 5.85. The van der Waals surface area contributed by atoms with Crippen molar-refractivity contribution in [2.45, 2.75) is 58.7 Å². The molecule has 0 aliphatic heterocycles. The summed E-state index contributed by atoms with van der Waals surface area (Å²) in [6.07, 6.45) is 0.695. The van der Waals surface area contributed by atoms with Crippen molar-refractivity contribution >= 4 is 5.97 Å². The Morgan fingerprint density at radius 3 is 2.40 bits per heavy atom. The van der Waals surface area contributed by atoms with Crippen LogP contribution < -0.4 is 5.32 Å². The average molecular weight is 288 g/mol. The zero-order chi connectivity index (χ0) is 15.8. The van der Waals surface area contributed by atoms with Gasteiger partial charge in [-0.3, -0.25) is 10.1 Å². The number of carbonyl (C=O) groups excluding carboxylic acids is 1. The van der Waals surface area contributed by atoms with Crippen molar-refractivity contribution in [3.63, 3.8) is 0 Å². The van der Waals surface area contributed by atoms with E-state index in [1.165, 1.54) is 7.11 Å². The van der Waals surface area contributed by atoms with Gasteiger partial charge in [-0.25, -0.2) is 0 Å². The molecule has 2 atom stereocenters. The molecule has 0 aliphatic rings. The highest BCUT2D eigenvalue weighted by Gasteiger charge is 2.36. The summed E-state index contributed by atoms with van der Waals surface area (Å²) in [5.74, 6) is -0.212. The van der Waals surface area contributed by atoms with E-state index in [1.807, 2.05) is 27.7 Å². The van der Waals surface area contributed by atoms with Crippen molar-refractivity contribution in [3.8, 4) is 0 Å². The van der Waals surface area contributed by atoms with Crippen molar-refractivity contribution in [2.24, 2.45) is 0 Å². The molecule has 0 saturated heterocycles. The third-order valence-corrected chi connectivity index (χ3v) is 3.49. The fourth-order valence-electron chi connectivity index (χ4n) is 2.38. The highest BCUT2D eigenvalue weighted by atomic mass is 16.5. The lowest BCUT2D eigenvalue weighted by atomic mass is 9.92. The van der Waals surface area contributed by atoms with Gasteiger partial charge in [-0.2, -0.15) is 0 Å². The minimum atomic E-state index is -0.664. The van der Waals surface area contributed by atoms with Crippen LogP contribution in [0.5, 0.6) is 0 Å². The molecule has 0 aromatic carbocycles. The van der Waals surface area contributed by atoms with Crippen LogP contribution in [0.2, 0.25) is 0 Å². The van der Waals surface area contributed by atoms with Gasteiger partial charge in [0.2, 0.25) is 0 Å². The lowest BCUT2D eigenvalue weighted by Crippen LogP contribution is -2.56. The Labute approximate surface area is 124 Å². The average Bonchev–Trinajstić information content (AvgIpc) is 2.36. The van der Waals surface area contributed by atoms with Gasteiger partial charge in [0.05, 0.1) is 13.7 Å². The second-order valence-corrected chi connectivity index (χ2v) is 5.85. The fourth-order valence-corrected chi connectivity index (χ4v) is 2.38. The molecule has 0 spiro atoms. The molecule has 5 nitrogen and oxygen atoms in total. The van der Waals surface area contributed by atoms with Gasteiger partial charge in [0.1, 0.15) is 5.54 Å². The number of carbonyl (C=O) groups is 1. The maximum absolute atomic E-state index is 12.1. The molecule has 1 N–H and O–H groups in total. The predicted molar refractivity (Wildman–Crippen MR) is 81.9 cm³/mol. The highest BCUT2D eigenvalue weighted by molar-refractivity contribution is 5.80. The maximum Gasteiger partial charge on any atom is 0.325 e. The van der Waals surface area contributed by atoms with Crippen molar-refractivity contribution in [3.05, 3.63) is 0 Å². The SMILES string of the molecule is CCOCCN(C)C(C)CC(C)(NC(C)C)C(=O)OC. The van der Waals surface area contributed by atoms with Crippen LogP contribution in [-0.4, -0.2) is 62.4 Å². The molecule has 0 radical (unpaired) electrons. The van der Waals surface area contributed by atoms with Crippen LogP contribution in [0.3, 0.4) is 0 Å². The Balaban J connectivity index is 4.59. The van der Waals surface area contributed by atoms with Crippen LogP contribution >= 0.6 is 0 Å². The Bertz CT molecular complexity index is 284. The van der Waals surface area contributed by atoms with E-state index in [4.69, 9.17) is 9.47 Å². The van der Waals surface area contributed by atoms with Gasteiger partial charge in [-0.05, 0) is 48.1 Å². The Kier molecular flexibility index (Phi) is 9.01. The van der Waals surface area contributed by atoms with Crippen LogP contribution in [0, 0.1) is 0 Å². The van der Waals surface area contributed by atoms with Crippen molar-refractivity contribution in [1.29, 1.82) is 0 Å². The quantitative estimate of drug-likeness (QED) is 0.489. The standard InChI is InChI=1S/C15H32N2O3/c1-8-20-10-9-17(6)13(4)11-15(5,14(18)19-7)16-12(2)3/h12-13,16H,8-11H2,1-7H3. The number of esters is 1. The molecular weight excluding hydrogens is 256 g/mol. The molecular formula is C15H32N2O3. The summed E-state index contributed by atoms with van der Waals surface area (Å²) in [4.78, 5) is 14.3. The number of ether oxygens (including phenoxy) is 2. The van der Waals surface area contributed by atoms with Crippen molar-refractivity contribution < 1.29 is 14.3 Å². The molecule has 0 fully saturated rings. The predicted octanol–water partition coefficient (Wildman–Crippen LogP) is 1.66. The topological polar surface area (TPSA) is 50.8 Å². The van der Waals surface area contributed by atoms with Gasteiger partial charge < -0.3 is 14.4 Å². The van der Waals surface area contributed by atoms with E-state index in [1.54, 1.807) is 0 Å². The first kappa shape index (κ1) is 19.4. The number of nitrogens with zero attached hydrogens (tertiary/aromatic N) is 1. The summed E-state index contributed by atoms with van der Waals surface area (Å²) >= 11 is 0. The van der Waals surface area contributed by atoms with E-state index < -0.39 is 5.54 Å². The lowest BCUT2D eigenvalue weighted by molar-refractivity contribution is -0.149. The maximum atomic E-state index is 12.1. The molecule has 0 saturated carbocycles. The molecule has 20 heavy (non-hydrogen) atoms. The monoisotopic (exact) mass is 288 g/mol. The van der Waals surface area contributed by atoms with Crippen LogP contribution in [0.1, 0.15) is 41.0 Å². The fraction of sp³-hybridized carbons (Fsp3) is 0.933. The van der Waals surface area contributed by atoms with Gasteiger partial charge in [0.25, 0.3) is 0 Å². The van der Waals surface area contributed by atoms with E-state index in [0.29, 0.717) is 13.0 Å². The summed E-state index contributed by atoms with van der Waals surface area (Å²) in [7, 11) is 3.49. The van der Waals surface area contributed by atoms with Crippen LogP contribution in [0.15, 0.2) is 0 Å². The van der Waals surface area contributed by atoms with E-state index in [-0.39, 0.29) is 18.1 Å².